The summed E-state index contributed by atoms with van der Waals surface area (Å²) in [4.78, 5) is 30.0. The summed E-state index contributed by atoms with van der Waals surface area (Å²) < 4.78 is 5.82. The molecule has 174 valence electrons. The summed E-state index contributed by atoms with van der Waals surface area (Å²) in [6, 6.07) is 12.1. The maximum absolute atomic E-state index is 12.6. The minimum Gasteiger partial charge on any atom is -0.486 e. The Kier molecular flexibility index (Phi) is 7.77. The van der Waals surface area contributed by atoms with E-state index in [1.54, 1.807) is 5.38 Å². The molecule has 2 N–H and O–H groups in total. The van der Waals surface area contributed by atoms with Crippen LogP contribution in [0.3, 0.4) is 0 Å². The highest BCUT2D eigenvalue weighted by molar-refractivity contribution is 7.12. The SMILES string of the molecule is CC(C)c1ccc(OCc2nc(C(=O)NC3CCC(NC(=O)c4cccs4)CC3)cs2)cc1. The van der Waals surface area contributed by atoms with Crippen LogP contribution in [0.5, 0.6) is 5.75 Å². The van der Waals surface area contributed by atoms with Crippen molar-refractivity contribution in [3.63, 3.8) is 0 Å². The topological polar surface area (TPSA) is 80.3 Å². The minimum absolute atomic E-state index is 0.00873. The maximum atomic E-state index is 12.6. The van der Waals surface area contributed by atoms with Crippen LogP contribution in [-0.4, -0.2) is 28.9 Å². The lowest BCUT2D eigenvalue weighted by Crippen LogP contribution is -2.43. The molecule has 0 spiro atoms. The quantitative estimate of drug-likeness (QED) is 0.451. The number of hydrogen-bond donors (Lipinski definition) is 2. The van der Waals surface area contributed by atoms with Crippen LogP contribution in [0, 0.1) is 0 Å². The molecular formula is C25H29N3O3S2. The second-order valence-corrected chi connectivity index (χ2v) is 10.5. The number of rotatable bonds is 8. The number of aromatic nitrogens is 1. The third-order valence-electron chi connectivity index (χ3n) is 5.84. The number of nitrogens with one attached hydrogen (secondary N) is 2. The zero-order valence-electron chi connectivity index (χ0n) is 18.9. The Morgan fingerprint density at radius 2 is 1.67 bits per heavy atom. The van der Waals surface area contributed by atoms with Crippen molar-refractivity contribution in [3.05, 3.63) is 68.3 Å². The van der Waals surface area contributed by atoms with Crippen LogP contribution in [-0.2, 0) is 6.61 Å². The predicted molar refractivity (Wildman–Crippen MR) is 132 cm³/mol. The van der Waals surface area contributed by atoms with Crippen molar-refractivity contribution in [2.75, 3.05) is 0 Å². The van der Waals surface area contributed by atoms with Gasteiger partial charge in [0.2, 0.25) is 0 Å². The van der Waals surface area contributed by atoms with E-state index in [4.69, 9.17) is 4.74 Å². The largest absolute Gasteiger partial charge is 0.486 e. The zero-order chi connectivity index (χ0) is 23.2. The molecule has 1 aliphatic carbocycles. The second kappa shape index (κ2) is 10.9. The molecule has 2 aromatic heterocycles. The molecule has 0 saturated heterocycles. The first-order valence-corrected chi connectivity index (χ1v) is 13.1. The van der Waals surface area contributed by atoms with E-state index < -0.39 is 0 Å². The van der Waals surface area contributed by atoms with Gasteiger partial charge >= 0.3 is 0 Å². The first-order chi connectivity index (χ1) is 16.0. The lowest BCUT2D eigenvalue weighted by molar-refractivity contribution is 0.0891. The van der Waals surface area contributed by atoms with Crippen LogP contribution in [0.15, 0.2) is 47.2 Å². The highest BCUT2D eigenvalue weighted by atomic mass is 32.1. The van der Waals surface area contributed by atoms with Crippen LogP contribution in [0.4, 0.5) is 0 Å². The van der Waals surface area contributed by atoms with Crippen molar-refractivity contribution in [2.24, 2.45) is 0 Å². The standard InChI is InChI=1S/C25H29N3O3S2/c1-16(2)17-5-11-20(12-6-17)31-14-23-28-21(15-33-23)24(29)26-18-7-9-19(10-8-18)27-25(30)22-4-3-13-32-22/h3-6,11-13,15-16,18-19H,7-10,14H2,1-2H3,(H,26,29)(H,27,30). The van der Waals surface area contributed by atoms with Crippen LogP contribution in [0.25, 0.3) is 0 Å². The molecule has 0 radical (unpaired) electrons. The van der Waals surface area contributed by atoms with Crippen molar-refractivity contribution in [2.45, 2.75) is 64.1 Å². The monoisotopic (exact) mass is 483 g/mol. The number of nitrogens with zero attached hydrogens (tertiary/aromatic N) is 1. The Hall–Kier alpha value is -2.71. The summed E-state index contributed by atoms with van der Waals surface area (Å²) in [7, 11) is 0. The van der Waals surface area contributed by atoms with Gasteiger partial charge in [-0.2, -0.15) is 0 Å². The van der Waals surface area contributed by atoms with Crippen molar-refractivity contribution < 1.29 is 14.3 Å². The lowest BCUT2D eigenvalue weighted by atomic mass is 9.91. The first-order valence-electron chi connectivity index (χ1n) is 11.3. The molecular weight excluding hydrogens is 454 g/mol. The average molecular weight is 484 g/mol. The Labute approximate surface area is 202 Å². The fraction of sp³-hybridized carbons (Fsp3) is 0.400. The minimum atomic E-state index is -0.148. The van der Waals surface area contributed by atoms with Crippen molar-refractivity contribution in [1.82, 2.24) is 15.6 Å². The first kappa shape index (κ1) is 23.4. The fourth-order valence-electron chi connectivity index (χ4n) is 3.88. The molecule has 0 bridgehead atoms. The normalized spacial score (nSPS) is 18.2. The van der Waals surface area contributed by atoms with Crippen molar-refractivity contribution in [3.8, 4) is 5.75 Å². The van der Waals surface area contributed by atoms with Gasteiger partial charge in [-0.05, 0) is 60.7 Å². The lowest BCUT2D eigenvalue weighted by Gasteiger charge is -2.29. The van der Waals surface area contributed by atoms with Crippen LogP contribution >= 0.6 is 22.7 Å². The number of amides is 2. The van der Waals surface area contributed by atoms with Crippen molar-refractivity contribution >= 4 is 34.5 Å². The van der Waals surface area contributed by atoms with Crippen LogP contribution in [0.1, 0.15) is 76.2 Å². The second-order valence-electron chi connectivity index (χ2n) is 8.61. The van der Waals surface area contributed by atoms with Gasteiger partial charge in [-0.1, -0.05) is 32.0 Å². The number of carbonyl (C=O) groups is 2. The van der Waals surface area contributed by atoms with Gasteiger partial charge < -0.3 is 15.4 Å². The van der Waals surface area contributed by atoms with Gasteiger partial charge in [-0.15, -0.1) is 22.7 Å². The molecule has 3 aromatic rings. The number of benzene rings is 1. The summed E-state index contributed by atoms with van der Waals surface area (Å²) in [5, 5.41) is 10.7. The van der Waals surface area contributed by atoms with E-state index in [1.807, 2.05) is 29.6 Å². The van der Waals surface area contributed by atoms with E-state index in [9.17, 15) is 9.59 Å². The molecule has 1 fully saturated rings. The molecule has 1 aliphatic rings. The van der Waals surface area contributed by atoms with E-state index in [0.717, 1.165) is 41.3 Å². The van der Waals surface area contributed by atoms with E-state index >= 15 is 0 Å². The molecule has 1 saturated carbocycles. The molecule has 33 heavy (non-hydrogen) atoms. The van der Waals surface area contributed by atoms with Gasteiger partial charge in [-0.3, -0.25) is 9.59 Å². The van der Waals surface area contributed by atoms with E-state index in [1.165, 1.54) is 28.2 Å². The highest BCUT2D eigenvalue weighted by Gasteiger charge is 2.25. The van der Waals surface area contributed by atoms with Gasteiger partial charge in [0.1, 0.15) is 23.1 Å². The summed E-state index contributed by atoms with van der Waals surface area (Å²) >= 11 is 2.88. The van der Waals surface area contributed by atoms with Gasteiger partial charge in [-0.25, -0.2) is 4.98 Å². The summed E-state index contributed by atoms with van der Waals surface area (Å²) in [6.45, 7) is 4.66. The van der Waals surface area contributed by atoms with E-state index in [0.29, 0.717) is 18.2 Å². The maximum Gasteiger partial charge on any atom is 0.270 e. The Morgan fingerprint density at radius 1 is 1.00 bits per heavy atom. The number of ether oxygens (including phenoxy) is 1. The molecule has 0 aliphatic heterocycles. The van der Waals surface area contributed by atoms with Gasteiger partial charge in [0.15, 0.2) is 0 Å². The van der Waals surface area contributed by atoms with Gasteiger partial charge in [0.25, 0.3) is 11.8 Å². The highest BCUT2D eigenvalue weighted by Crippen LogP contribution is 2.22. The van der Waals surface area contributed by atoms with Crippen LogP contribution in [0.2, 0.25) is 0 Å². The third-order valence-corrected chi connectivity index (χ3v) is 7.53. The van der Waals surface area contributed by atoms with Gasteiger partial charge in [0, 0.05) is 17.5 Å². The Morgan fingerprint density at radius 3 is 2.27 bits per heavy atom. The fourth-order valence-corrected chi connectivity index (χ4v) is 5.19. The predicted octanol–water partition coefficient (Wildman–Crippen LogP) is 5.38. The average Bonchev–Trinajstić information content (AvgIpc) is 3.52. The number of hydrogen-bond acceptors (Lipinski definition) is 6. The third kappa shape index (κ3) is 6.42. The Balaban J connectivity index is 1.21. The molecule has 8 heteroatoms. The van der Waals surface area contributed by atoms with Crippen LogP contribution < -0.4 is 15.4 Å². The molecule has 6 nitrogen and oxygen atoms in total. The summed E-state index contributed by atoms with van der Waals surface area (Å²) in [6.07, 6.45) is 3.39. The van der Waals surface area contributed by atoms with E-state index in [-0.39, 0.29) is 23.9 Å². The molecule has 0 atom stereocenters. The molecule has 0 unspecified atom stereocenters. The molecule has 2 amide bonds. The zero-order valence-corrected chi connectivity index (χ0v) is 20.5. The molecule has 4 rings (SSSR count). The molecule has 1 aromatic carbocycles. The summed E-state index contributed by atoms with van der Waals surface area (Å²) in [5.41, 5.74) is 1.70. The van der Waals surface area contributed by atoms with E-state index in [2.05, 4.69) is 41.6 Å². The van der Waals surface area contributed by atoms with Gasteiger partial charge in [0.05, 0.1) is 4.88 Å². The number of thiophene rings is 1. The van der Waals surface area contributed by atoms with Crippen molar-refractivity contribution in [1.29, 1.82) is 0 Å². The number of thiazole rings is 1. The molecule has 2 heterocycles. The smallest absolute Gasteiger partial charge is 0.270 e. The summed E-state index contributed by atoms with van der Waals surface area (Å²) in [5.74, 6) is 1.12. The Bertz CT molecular complexity index is 1050. The number of carbonyl (C=O) groups excluding carboxylic acids is 2.